The van der Waals surface area contributed by atoms with E-state index in [1.165, 1.54) is 4.88 Å². The third-order valence-corrected chi connectivity index (χ3v) is 4.16. The smallest absolute Gasteiger partial charge is 0.152 e. The van der Waals surface area contributed by atoms with Gasteiger partial charge in [-0.25, -0.2) is 4.98 Å². The lowest BCUT2D eigenvalue weighted by molar-refractivity contribution is 0.681. The Morgan fingerprint density at radius 1 is 1.44 bits per heavy atom. The van der Waals surface area contributed by atoms with Crippen LogP contribution in [0.1, 0.15) is 17.4 Å². The Hall–Kier alpha value is -1.55. The number of likely N-dealkylation sites (N-methyl/N-ethyl adjacent to an activating group) is 1. The van der Waals surface area contributed by atoms with E-state index < -0.39 is 0 Å². The van der Waals surface area contributed by atoms with Crippen molar-refractivity contribution in [1.29, 1.82) is 0 Å². The van der Waals surface area contributed by atoms with Crippen LogP contribution in [-0.4, -0.2) is 18.1 Å². The van der Waals surface area contributed by atoms with Crippen LogP contribution in [0.2, 0.25) is 0 Å². The second kappa shape index (κ2) is 5.40. The minimum Gasteiger partial charge on any atom is -0.396 e. The van der Waals surface area contributed by atoms with Crippen molar-refractivity contribution in [3.63, 3.8) is 0 Å². The standard InChI is InChI=1S/C14H19N3S/c1-10-6-7-16-14(13(10)15)17(3)11(2)9-12-5-4-8-18-12/h4-8,11H,9,15H2,1-3H3. The molecule has 18 heavy (non-hydrogen) atoms. The third-order valence-electron chi connectivity index (χ3n) is 3.26. The van der Waals surface area contributed by atoms with Gasteiger partial charge in [0.05, 0.1) is 5.69 Å². The molecule has 2 heterocycles. The molecule has 0 aromatic carbocycles. The number of rotatable bonds is 4. The van der Waals surface area contributed by atoms with Crippen LogP contribution in [0.3, 0.4) is 0 Å². The SMILES string of the molecule is Cc1ccnc(N(C)C(C)Cc2cccs2)c1N. The predicted molar refractivity (Wildman–Crippen MR) is 79.3 cm³/mol. The molecule has 1 unspecified atom stereocenters. The molecular weight excluding hydrogens is 242 g/mol. The zero-order valence-corrected chi connectivity index (χ0v) is 11.9. The molecule has 0 aliphatic carbocycles. The van der Waals surface area contributed by atoms with E-state index in [1.54, 1.807) is 11.3 Å². The predicted octanol–water partition coefficient (Wildman–Crippen LogP) is 3.10. The largest absolute Gasteiger partial charge is 0.396 e. The van der Waals surface area contributed by atoms with Crippen molar-refractivity contribution in [2.75, 3.05) is 17.7 Å². The number of aromatic nitrogens is 1. The minimum atomic E-state index is 0.375. The number of hydrogen-bond acceptors (Lipinski definition) is 4. The first-order valence-electron chi connectivity index (χ1n) is 6.06. The number of nitrogens with zero attached hydrogens (tertiary/aromatic N) is 2. The number of aryl methyl sites for hydroxylation is 1. The summed E-state index contributed by atoms with van der Waals surface area (Å²) in [6.45, 7) is 4.21. The Morgan fingerprint density at radius 2 is 2.22 bits per heavy atom. The fraction of sp³-hybridized carbons (Fsp3) is 0.357. The normalized spacial score (nSPS) is 12.4. The van der Waals surface area contributed by atoms with Crippen LogP contribution in [0.15, 0.2) is 29.8 Å². The van der Waals surface area contributed by atoms with E-state index in [4.69, 9.17) is 5.73 Å². The van der Waals surface area contributed by atoms with Gasteiger partial charge in [0.1, 0.15) is 0 Å². The van der Waals surface area contributed by atoms with Crippen LogP contribution in [0.5, 0.6) is 0 Å². The Labute approximate surface area is 112 Å². The topological polar surface area (TPSA) is 42.2 Å². The van der Waals surface area contributed by atoms with Gasteiger partial charge in [0.25, 0.3) is 0 Å². The zero-order valence-electron chi connectivity index (χ0n) is 11.1. The monoisotopic (exact) mass is 261 g/mol. The van der Waals surface area contributed by atoms with Crippen molar-refractivity contribution in [2.24, 2.45) is 0 Å². The molecule has 0 fully saturated rings. The number of nitrogens with two attached hydrogens (primary N) is 1. The first-order chi connectivity index (χ1) is 8.59. The molecule has 2 rings (SSSR count). The summed E-state index contributed by atoms with van der Waals surface area (Å²) in [5.41, 5.74) is 7.95. The highest BCUT2D eigenvalue weighted by atomic mass is 32.1. The maximum absolute atomic E-state index is 6.09. The van der Waals surface area contributed by atoms with Gasteiger partial charge < -0.3 is 10.6 Å². The number of pyridine rings is 1. The van der Waals surface area contributed by atoms with Gasteiger partial charge in [0.2, 0.25) is 0 Å². The van der Waals surface area contributed by atoms with Gasteiger partial charge >= 0.3 is 0 Å². The Balaban J connectivity index is 2.15. The van der Waals surface area contributed by atoms with Gasteiger partial charge in [-0.2, -0.15) is 0 Å². The molecular formula is C14H19N3S. The van der Waals surface area contributed by atoms with Crippen LogP contribution in [0.25, 0.3) is 0 Å². The number of hydrogen-bond donors (Lipinski definition) is 1. The van der Waals surface area contributed by atoms with Gasteiger partial charge in [0.15, 0.2) is 5.82 Å². The summed E-state index contributed by atoms with van der Waals surface area (Å²) in [5.74, 6) is 0.874. The maximum atomic E-state index is 6.09. The molecule has 96 valence electrons. The first kappa shape index (κ1) is 12.9. The summed E-state index contributed by atoms with van der Waals surface area (Å²) < 4.78 is 0. The van der Waals surface area contributed by atoms with Gasteiger partial charge in [-0.1, -0.05) is 6.07 Å². The van der Waals surface area contributed by atoms with Crippen molar-refractivity contribution >= 4 is 22.8 Å². The molecule has 2 N–H and O–H groups in total. The molecule has 0 bridgehead atoms. The highest BCUT2D eigenvalue weighted by molar-refractivity contribution is 7.09. The van der Waals surface area contributed by atoms with Gasteiger partial charge in [-0.3, -0.25) is 0 Å². The quantitative estimate of drug-likeness (QED) is 0.919. The fourth-order valence-electron chi connectivity index (χ4n) is 1.90. The summed E-state index contributed by atoms with van der Waals surface area (Å²) in [7, 11) is 2.05. The summed E-state index contributed by atoms with van der Waals surface area (Å²) in [6, 6.07) is 6.57. The zero-order chi connectivity index (χ0) is 13.1. The van der Waals surface area contributed by atoms with Crippen molar-refractivity contribution in [1.82, 2.24) is 4.98 Å². The van der Waals surface area contributed by atoms with E-state index in [2.05, 4.69) is 41.4 Å². The molecule has 0 aliphatic rings. The second-order valence-corrected chi connectivity index (χ2v) is 5.64. The Bertz CT molecular complexity index is 508. The molecule has 2 aromatic heterocycles. The second-order valence-electron chi connectivity index (χ2n) is 4.61. The number of nitrogen functional groups attached to an aromatic ring is 1. The highest BCUT2D eigenvalue weighted by Gasteiger charge is 2.15. The summed E-state index contributed by atoms with van der Waals surface area (Å²) in [5, 5.41) is 2.11. The van der Waals surface area contributed by atoms with E-state index in [-0.39, 0.29) is 0 Å². The summed E-state index contributed by atoms with van der Waals surface area (Å²) >= 11 is 1.79. The van der Waals surface area contributed by atoms with E-state index in [0.29, 0.717) is 6.04 Å². The minimum absolute atomic E-state index is 0.375. The van der Waals surface area contributed by atoms with Crippen molar-refractivity contribution in [2.45, 2.75) is 26.3 Å². The van der Waals surface area contributed by atoms with Gasteiger partial charge in [-0.15, -0.1) is 11.3 Å². The summed E-state index contributed by atoms with van der Waals surface area (Å²) in [4.78, 5) is 7.94. The van der Waals surface area contributed by atoms with Crippen molar-refractivity contribution in [3.8, 4) is 0 Å². The highest BCUT2D eigenvalue weighted by Crippen LogP contribution is 2.25. The molecule has 0 saturated heterocycles. The molecule has 0 spiro atoms. The average Bonchev–Trinajstić information content (AvgIpc) is 2.84. The third kappa shape index (κ3) is 2.64. The molecule has 0 radical (unpaired) electrons. The van der Waals surface area contributed by atoms with Crippen molar-refractivity contribution in [3.05, 3.63) is 40.2 Å². The van der Waals surface area contributed by atoms with Crippen LogP contribution >= 0.6 is 11.3 Å². The lowest BCUT2D eigenvalue weighted by atomic mass is 10.1. The molecule has 0 amide bonds. The van der Waals surface area contributed by atoms with E-state index in [9.17, 15) is 0 Å². The Morgan fingerprint density at radius 3 is 2.89 bits per heavy atom. The van der Waals surface area contributed by atoms with E-state index in [1.807, 2.05) is 19.2 Å². The molecule has 0 saturated carbocycles. The van der Waals surface area contributed by atoms with E-state index in [0.717, 1.165) is 23.5 Å². The van der Waals surface area contributed by atoms with Gasteiger partial charge in [0, 0.05) is 30.6 Å². The van der Waals surface area contributed by atoms with E-state index >= 15 is 0 Å². The van der Waals surface area contributed by atoms with Crippen LogP contribution in [0.4, 0.5) is 11.5 Å². The van der Waals surface area contributed by atoms with Gasteiger partial charge in [-0.05, 0) is 36.9 Å². The fourth-order valence-corrected chi connectivity index (χ4v) is 2.73. The molecule has 3 nitrogen and oxygen atoms in total. The van der Waals surface area contributed by atoms with Crippen molar-refractivity contribution < 1.29 is 0 Å². The summed E-state index contributed by atoms with van der Waals surface area (Å²) in [6.07, 6.45) is 2.83. The first-order valence-corrected chi connectivity index (χ1v) is 6.94. The van der Waals surface area contributed by atoms with Crippen LogP contribution in [0, 0.1) is 6.92 Å². The molecule has 1 atom stereocenters. The Kier molecular flexibility index (Phi) is 3.87. The van der Waals surface area contributed by atoms with Crippen LogP contribution in [-0.2, 0) is 6.42 Å². The number of thiophene rings is 1. The number of anilines is 2. The molecule has 2 aromatic rings. The lowest BCUT2D eigenvalue weighted by Crippen LogP contribution is -2.32. The maximum Gasteiger partial charge on any atom is 0.152 e. The lowest BCUT2D eigenvalue weighted by Gasteiger charge is -2.27. The van der Waals surface area contributed by atoms with Crippen LogP contribution < -0.4 is 10.6 Å². The molecule has 4 heteroatoms. The average molecular weight is 261 g/mol. The molecule has 0 aliphatic heterocycles.